The van der Waals surface area contributed by atoms with Crippen molar-refractivity contribution in [2.75, 3.05) is 29.9 Å². The second-order valence-electron chi connectivity index (χ2n) is 8.74. The predicted molar refractivity (Wildman–Crippen MR) is 142 cm³/mol. The number of rotatable bonds is 7. The third-order valence-corrected chi connectivity index (χ3v) is 6.95. The lowest BCUT2D eigenvalue weighted by Crippen LogP contribution is -2.32. The van der Waals surface area contributed by atoms with Crippen molar-refractivity contribution >= 4 is 23.4 Å². The molecule has 8 heteroatoms. The SMILES string of the molecule is Cc1cccc(-c2nccc(Nc3ccnc(Cc4ccc(C)c(CN5CCSCC5)c4)n3)n2)n1. The van der Waals surface area contributed by atoms with Crippen LogP contribution in [0.3, 0.4) is 0 Å². The van der Waals surface area contributed by atoms with Gasteiger partial charge < -0.3 is 5.32 Å². The molecule has 4 heterocycles. The second kappa shape index (κ2) is 10.9. The van der Waals surface area contributed by atoms with Crippen LogP contribution in [0.1, 0.15) is 28.2 Å². The van der Waals surface area contributed by atoms with Gasteiger partial charge in [-0.3, -0.25) is 4.90 Å². The van der Waals surface area contributed by atoms with E-state index in [1.165, 1.54) is 28.2 Å². The first-order valence-corrected chi connectivity index (χ1v) is 13.0. The summed E-state index contributed by atoms with van der Waals surface area (Å²) in [6.45, 7) is 7.49. The molecule has 1 aliphatic rings. The first-order valence-electron chi connectivity index (χ1n) is 11.9. The van der Waals surface area contributed by atoms with Gasteiger partial charge in [0.05, 0.1) is 0 Å². The van der Waals surface area contributed by atoms with E-state index in [1.54, 1.807) is 12.4 Å². The average molecular weight is 484 g/mol. The number of benzene rings is 1. The zero-order valence-corrected chi connectivity index (χ0v) is 20.9. The van der Waals surface area contributed by atoms with Crippen molar-refractivity contribution in [2.24, 2.45) is 0 Å². The lowest BCUT2D eigenvalue weighted by atomic mass is 10.0. The zero-order chi connectivity index (χ0) is 24.0. The number of nitrogens with zero attached hydrogens (tertiary/aromatic N) is 6. The topological polar surface area (TPSA) is 79.7 Å². The van der Waals surface area contributed by atoms with E-state index in [2.05, 4.69) is 55.3 Å². The Hall–Kier alpha value is -3.36. The number of aryl methyl sites for hydroxylation is 2. The summed E-state index contributed by atoms with van der Waals surface area (Å²) < 4.78 is 0. The zero-order valence-electron chi connectivity index (χ0n) is 20.1. The van der Waals surface area contributed by atoms with Gasteiger partial charge in [0.2, 0.25) is 0 Å². The maximum Gasteiger partial charge on any atom is 0.180 e. The quantitative estimate of drug-likeness (QED) is 0.400. The highest BCUT2D eigenvalue weighted by atomic mass is 32.2. The van der Waals surface area contributed by atoms with E-state index in [0.29, 0.717) is 23.9 Å². The van der Waals surface area contributed by atoms with Gasteiger partial charge in [-0.2, -0.15) is 11.8 Å². The Bertz CT molecular complexity index is 1300. The van der Waals surface area contributed by atoms with Gasteiger partial charge in [-0.25, -0.2) is 24.9 Å². The van der Waals surface area contributed by atoms with Crippen molar-refractivity contribution < 1.29 is 0 Å². The first-order chi connectivity index (χ1) is 17.1. The standard InChI is InChI=1S/C27H29N7S/c1-19-6-7-21(16-22(19)18-34-12-14-35-15-13-34)17-26-28-10-8-24(32-26)31-25-9-11-29-27(33-25)23-5-3-4-20(2)30-23/h3-11,16H,12-15,17-18H2,1-2H3,(H,28,29,31,32,33). The van der Waals surface area contributed by atoms with Crippen molar-refractivity contribution in [1.82, 2.24) is 29.8 Å². The maximum atomic E-state index is 4.74. The highest BCUT2D eigenvalue weighted by Gasteiger charge is 2.13. The normalized spacial score (nSPS) is 14.1. The van der Waals surface area contributed by atoms with E-state index in [-0.39, 0.29) is 0 Å². The molecule has 0 amide bonds. The Balaban J connectivity index is 1.29. The molecule has 1 fully saturated rings. The monoisotopic (exact) mass is 483 g/mol. The number of aromatic nitrogens is 5. The Morgan fingerprint density at radius 1 is 0.886 bits per heavy atom. The van der Waals surface area contributed by atoms with Crippen molar-refractivity contribution in [3.8, 4) is 11.5 Å². The molecule has 3 aromatic heterocycles. The molecule has 1 saturated heterocycles. The van der Waals surface area contributed by atoms with Crippen LogP contribution in [0.15, 0.2) is 60.9 Å². The van der Waals surface area contributed by atoms with E-state index in [9.17, 15) is 0 Å². The summed E-state index contributed by atoms with van der Waals surface area (Å²) in [6, 6.07) is 16.2. The average Bonchev–Trinajstić information content (AvgIpc) is 2.87. The molecular weight excluding hydrogens is 454 g/mol. The maximum absolute atomic E-state index is 4.74. The molecule has 1 N–H and O–H groups in total. The van der Waals surface area contributed by atoms with E-state index in [1.807, 2.05) is 49.0 Å². The van der Waals surface area contributed by atoms with Crippen molar-refractivity contribution in [2.45, 2.75) is 26.8 Å². The molecule has 0 radical (unpaired) electrons. The van der Waals surface area contributed by atoms with E-state index < -0.39 is 0 Å². The van der Waals surface area contributed by atoms with Crippen LogP contribution in [0.2, 0.25) is 0 Å². The summed E-state index contributed by atoms with van der Waals surface area (Å²) >= 11 is 2.05. The van der Waals surface area contributed by atoms with Gasteiger partial charge in [0.15, 0.2) is 5.82 Å². The number of nitrogens with one attached hydrogen (secondary N) is 1. The van der Waals surface area contributed by atoms with Crippen molar-refractivity contribution in [3.63, 3.8) is 0 Å². The summed E-state index contributed by atoms with van der Waals surface area (Å²) in [5.74, 6) is 5.17. The molecule has 1 aliphatic heterocycles. The van der Waals surface area contributed by atoms with Crippen LogP contribution in [0.25, 0.3) is 11.5 Å². The van der Waals surface area contributed by atoms with Crippen LogP contribution in [-0.4, -0.2) is 54.4 Å². The molecule has 0 bridgehead atoms. The molecule has 0 spiro atoms. The molecule has 0 unspecified atom stereocenters. The molecule has 1 aromatic carbocycles. The Morgan fingerprint density at radius 3 is 2.51 bits per heavy atom. The summed E-state index contributed by atoms with van der Waals surface area (Å²) in [4.78, 5) is 25.3. The molecule has 0 aliphatic carbocycles. The number of hydrogen-bond acceptors (Lipinski definition) is 8. The van der Waals surface area contributed by atoms with E-state index in [4.69, 9.17) is 4.98 Å². The van der Waals surface area contributed by atoms with Gasteiger partial charge in [0, 0.05) is 55.6 Å². The van der Waals surface area contributed by atoms with Crippen LogP contribution >= 0.6 is 11.8 Å². The molecule has 35 heavy (non-hydrogen) atoms. The predicted octanol–water partition coefficient (Wildman–Crippen LogP) is 4.83. The molecule has 4 aromatic rings. The number of pyridine rings is 1. The Labute approximate surface area is 210 Å². The third-order valence-electron chi connectivity index (χ3n) is 6.01. The minimum Gasteiger partial charge on any atom is -0.325 e. The highest BCUT2D eigenvalue weighted by Crippen LogP contribution is 2.20. The lowest BCUT2D eigenvalue weighted by Gasteiger charge is -2.27. The minimum atomic E-state index is 0.576. The number of hydrogen-bond donors (Lipinski definition) is 1. The fourth-order valence-corrected chi connectivity index (χ4v) is 5.07. The van der Waals surface area contributed by atoms with Gasteiger partial charge in [-0.05, 0) is 54.8 Å². The summed E-state index contributed by atoms with van der Waals surface area (Å²) in [5, 5.41) is 3.29. The fourth-order valence-electron chi connectivity index (χ4n) is 4.09. The highest BCUT2D eigenvalue weighted by molar-refractivity contribution is 7.99. The van der Waals surface area contributed by atoms with E-state index in [0.717, 1.165) is 36.8 Å². The Morgan fingerprint density at radius 2 is 1.69 bits per heavy atom. The largest absolute Gasteiger partial charge is 0.325 e. The molecule has 0 saturated carbocycles. The van der Waals surface area contributed by atoms with Crippen LogP contribution < -0.4 is 5.32 Å². The Kier molecular flexibility index (Phi) is 7.30. The summed E-state index contributed by atoms with van der Waals surface area (Å²) in [6.07, 6.45) is 4.20. The van der Waals surface area contributed by atoms with Crippen molar-refractivity contribution in [3.05, 3.63) is 89.1 Å². The van der Waals surface area contributed by atoms with Crippen LogP contribution in [-0.2, 0) is 13.0 Å². The second-order valence-corrected chi connectivity index (χ2v) is 9.96. The fraction of sp³-hybridized carbons (Fsp3) is 0.296. The molecule has 7 nitrogen and oxygen atoms in total. The first kappa shape index (κ1) is 23.4. The van der Waals surface area contributed by atoms with Gasteiger partial charge in [-0.15, -0.1) is 0 Å². The van der Waals surface area contributed by atoms with Gasteiger partial charge in [-0.1, -0.05) is 24.3 Å². The summed E-state index contributed by atoms with van der Waals surface area (Å²) in [7, 11) is 0. The molecular formula is C27H29N7S. The molecule has 0 atom stereocenters. The smallest absolute Gasteiger partial charge is 0.180 e. The van der Waals surface area contributed by atoms with Crippen LogP contribution in [0.4, 0.5) is 11.6 Å². The number of anilines is 2. The number of thioether (sulfide) groups is 1. The van der Waals surface area contributed by atoms with E-state index >= 15 is 0 Å². The lowest BCUT2D eigenvalue weighted by molar-refractivity contribution is 0.294. The van der Waals surface area contributed by atoms with Crippen molar-refractivity contribution in [1.29, 1.82) is 0 Å². The van der Waals surface area contributed by atoms with Gasteiger partial charge in [0.25, 0.3) is 0 Å². The third kappa shape index (κ3) is 6.21. The molecule has 5 rings (SSSR count). The molecule has 178 valence electrons. The summed E-state index contributed by atoms with van der Waals surface area (Å²) in [5.41, 5.74) is 5.63. The van der Waals surface area contributed by atoms with Gasteiger partial charge >= 0.3 is 0 Å². The van der Waals surface area contributed by atoms with Gasteiger partial charge in [0.1, 0.15) is 23.2 Å². The minimum absolute atomic E-state index is 0.576. The van der Waals surface area contributed by atoms with Crippen LogP contribution in [0, 0.1) is 13.8 Å². The van der Waals surface area contributed by atoms with Crippen LogP contribution in [0.5, 0.6) is 0 Å².